The van der Waals surface area contributed by atoms with Gasteiger partial charge in [0.05, 0.1) is 5.52 Å². The maximum absolute atomic E-state index is 4.54. The molecular formula is C18H27N3. The number of fused-ring (bicyclic) bond motifs is 1. The average Bonchev–Trinajstić information content (AvgIpc) is 2.94. The highest BCUT2D eigenvalue weighted by atomic mass is 15.0. The first-order valence-corrected chi connectivity index (χ1v) is 8.71. The normalized spacial score (nSPS) is 16.6. The van der Waals surface area contributed by atoms with E-state index in [0.29, 0.717) is 0 Å². The molecule has 114 valence electrons. The molecule has 3 rings (SSSR count). The van der Waals surface area contributed by atoms with Crippen molar-refractivity contribution in [3.63, 3.8) is 0 Å². The fourth-order valence-corrected chi connectivity index (χ4v) is 3.57. The molecule has 0 bridgehead atoms. The third kappa shape index (κ3) is 4.29. The molecule has 1 N–H and O–H groups in total. The van der Waals surface area contributed by atoms with Gasteiger partial charge in [-0.15, -0.1) is 0 Å². The molecule has 2 aromatic rings. The van der Waals surface area contributed by atoms with Crippen molar-refractivity contribution in [1.29, 1.82) is 0 Å². The highest BCUT2D eigenvalue weighted by Crippen LogP contribution is 2.28. The number of H-pyrrole nitrogens is 1. The van der Waals surface area contributed by atoms with E-state index in [0.717, 1.165) is 29.3 Å². The van der Waals surface area contributed by atoms with Crippen LogP contribution in [0, 0.1) is 5.92 Å². The van der Waals surface area contributed by atoms with Crippen LogP contribution in [0.3, 0.4) is 0 Å². The van der Waals surface area contributed by atoms with Gasteiger partial charge in [0.2, 0.25) is 0 Å². The Bertz CT molecular complexity index is 507. The molecule has 0 radical (unpaired) electrons. The Morgan fingerprint density at radius 3 is 2.76 bits per heavy atom. The number of aromatic nitrogens is 3. The molecule has 3 heteroatoms. The van der Waals surface area contributed by atoms with Gasteiger partial charge in [-0.3, -0.25) is 0 Å². The molecular weight excluding hydrogens is 258 g/mol. The summed E-state index contributed by atoms with van der Waals surface area (Å²) < 4.78 is 0. The maximum Gasteiger partial charge on any atom is 0.177 e. The molecule has 1 aliphatic carbocycles. The SMILES string of the molecule is c1cnc2nc(CCCCCCC3CCCCC3)[nH]c2c1. The second-order valence-corrected chi connectivity index (χ2v) is 6.51. The first-order chi connectivity index (χ1) is 10.4. The van der Waals surface area contributed by atoms with E-state index in [1.165, 1.54) is 64.2 Å². The Hall–Kier alpha value is -1.38. The number of aromatic amines is 1. The summed E-state index contributed by atoms with van der Waals surface area (Å²) in [5.74, 6) is 2.14. The van der Waals surface area contributed by atoms with Crippen molar-refractivity contribution in [2.24, 2.45) is 5.92 Å². The van der Waals surface area contributed by atoms with Crippen molar-refractivity contribution < 1.29 is 0 Å². The van der Waals surface area contributed by atoms with Gasteiger partial charge >= 0.3 is 0 Å². The molecule has 0 aliphatic heterocycles. The number of pyridine rings is 1. The van der Waals surface area contributed by atoms with Crippen molar-refractivity contribution >= 4 is 11.2 Å². The Morgan fingerprint density at radius 1 is 1.05 bits per heavy atom. The second-order valence-electron chi connectivity index (χ2n) is 6.51. The molecule has 1 aliphatic rings. The average molecular weight is 285 g/mol. The molecule has 0 saturated heterocycles. The lowest BCUT2D eigenvalue weighted by Gasteiger charge is -2.21. The van der Waals surface area contributed by atoms with Crippen LogP contribution in [0.2, 0.25) is 0 Å². The second kappa shape index (κ2) is 7.58. The van der Waals surface area contributed by atoms with Crippen LogP contribution in [-0.2, 0) is 6.42 Å². The van der Waals surface area contributed by atoms with Crippen LogP contribution in [0.5, 0.6) is 0 Å². The van der Waals surface area contributed by atoms with E-state index in [9.17, 15) is 0 Å². The number of nitrogens with one attached hydrogen (secondary N) is 1. The Kier molecular flexibility index (Phi) is 5.25. The zero-order valence-corrected chi connectivity index (χ0v) is 13.0. The Balaban J connectivity index is 1.31. The van der Waals surface area contributed by atoms with Crippen LogP contribution in [0.4, 0.5) is 0 Å². The summed E-state index contributed by atoms with van der Waals surface area (Å²) in [6.07, 6.45) is 17.1. The van der Waals surface area contributed by atoms with Gasteiger partial charge in [-0.05, 0) is 24.5 Å². The van der Waals surface area contributed by atoms with Gasteiger partial charge in [0.15, 0.2) is 5.65 Å². The summed E-state index contributed by atoms with van der Waals surface area (Å²) in [5, 5.41) is 0. The minimum Gasteiger partial charge on any atom is -0.341 e. The van der Waals surface area contributed by atoms with Crippen LogP contribution < -0.4 is 0 Å². The summed E-state index contributed by atoms with van der Waals surface area (Å²) in [5.41, 5.74) is 1.91. The first-order valence-electron chi connectivity index (χ1n) is 8.71. The largest absolute Gasteiger partial charge is 0.341 e. The highest BCUT2D eigenvalue weighted by molar-refractivity contribution is 5.69. The third-order valence-corrected chi connectivity index (χ3v) is 4.81. The van der Waals surface area contributed by atoms with Gasteiger partial charge in [-0.2, -0.15) is 0 Å². The molecule has 0 aromatic carbocycles. The van der Waals surface area contributed by atoms with E-state index in [-0.39, 0.29) is 0 Å². The predicted octanol–water partition coefficient (Wildman–Crippen LogP) is 5.03. The fourth-order valence-electron chi connectivity index (χ4n) is 3.57. The number of hydrogen-bond acceptors (Lipinski definition) is 2. The van der Waals surface area contributed by atoms with Crippen molar-refractivity contribution in [2.75, 3.05) is 0 Å². The highest BCUT2D eigenvalue weighted by Gasteiger charge is 2.12. The molecule has 3 nitrogen and oxygen atoms in total. The summed E-state index contributed by atoms with van der Waals surface area (Å²) >= 11 is 0. The van der Waals surface area contributed by atoms with Gasteiger partial charge in [-0.25, -0.2) is 9.97 Å². The van der Waals surface area contributed by atoms with Crippen LogP contribution in [0.1, 0.15) is 70.0 Å². The van der Waals surface area contributed by atoms with E-state index in [1.807, 2.05) is 12.1 Å². The van der Waals surface area contributed by atoms with E-state index in [1.54, 1.807) is 6.20 Å². The van der Waals surface area contributed by atoms with E-state index in [4.69, 9.17) is 0 Å². The van der Waals surface area contributed by atoms with Gasteiger partial charge in [0, 0.05) is 12.6 Å². The lowest BCUT2D eigenvalue weighted by molar-refractivity contribution is 0.328. The standard InChI is InChI=1S/C18H27N3/c1(4-9-15-10-5-3-6-11-15)2-7-13-17-20-16-12-8-14-19-18(16)21-17/h8,12,14-15H,1-7,9-11,13H2,(H,19,20,21). The van der Waals surface area contributed by atoms with Crippen molar-refractivity contribution in [3.8, 4) is 0 Å². The van der Waals surface area contributed by atoms with Gasteiger partial charge < -0.3 is 4.98 Å². The van der Waals surface area contributed by atoms with Crippen molar-refractivity contribution in [2.45, 2.75) is 70.6 Å². The zero-order chi connectivity index (χ0) is 14.3. The maximum atomic E-state index is 4.54. The molecule has 0 spiro atoms. The van der Waals surface area contributed by atoms with Crippen molar-refractivity contribution in [1.82, 2.24) is 15.0 Å². The molecule has 2 aromatic heterocycles. The molecule has 0 atom stereocenters. The number of unbranched alkanes of at least 4 members (excludes halogenated alkanes) is 3. The quantitative estimate of drug-likeness (QED) is 0.725. The summed E-state index contributed by atoms with van der Waals surface area (Å²) in [6, 6.07) is 4.00. The van der Waals surface area contributed by atoms with Gasteiger partial charge in [0.1, 0.15) is 5.82 Å². The fraction of sp³-hybridized carbons (Fsp3) is 0.667. The van der Waals surface area contributed by atoms with Gasteiger partial charge in [-0.1, -0.05) is 57.8 Å². The van der Waals surface area contributed by atoms with Gasteiger partial charge in [0.25, 0.3) is 0 Å². The molecule has 0 unspecified atom stereocenters. The van der Waals surface area contributed by atoms with Crippen LogP contribution >= 0.6 is 0 Å². The van der Waals surface area contributed by atoms with Crippen molar-refractivity contribution in [3.05, 3.63) is 24.2 Å². The first kappa shape index (κ1) is 14.6. The number of rotatable bonds is 7. The van der Waals surface area contributed by atoms with Crippen LogP contribution in [0.15, 0.2) is 18.3 Å². The number of hydrogen-bond donors (Lipinski definition) is 1. The molecule has 21 heavy (non-hydrogen) atoms. The number of nitrogens with zero attached hydrogens (tertiary/aromatic N) is 2. The molecule has 1 saturated carbocycles. The minimum atomic E-state index is 0.852. The van der Waals surface area contributed by atoms with E-state index >= 15 is 0 Å². The summed E-state index contributed by atoms with van der Waals surface area (Å²) in [4.78, 5) is 12.2. The van der Waals surface area contributed by atoms with Crippen LogP contribution in [0.25, 0.3) is 11.2 Å². The third-order valence-electron chi connectivity index (χ3n) is 4.81. The smallest absolute Gasteiger partial charge is 0.177 e. The Morgan fingerprint density at radius 2 is 1.90 bits per heavy atom. The van der Waals surface area contributed by atoms with E-state index < -0.39 is 0 Å². The molecule has 1 fully saturated rings. The summed E-state index contributed by atoms with van der Waals surface area (Å²) in [6.45, 7) is 0. The summed E-state index contributed by atoms with van der Waals surface area (Å²) in [7, 11) is 0. The van der Waals surface area contributed by atoms with E-state index in [2.05, 4.69) is 15.0 Å². The number of imidazole rings is 1. The lowest BCUT2D eigenvalue weighted by atomic mass is 9.85. The minimum absolute atomic E-state index is 0.852. The molecule has 2 heterocycles. The molecule has 0 amide bonds. The number of aryl methyl sites for hydroxylation is 1. The predicted molar refractivity (Wildman–Crippen MR) is 87.3 cm³/mol. The zero-order valence-electron chi connectivity index (χ0n) is 13.0. The topological polar surface area (TPSA) is 41.6 Å². The Labute approximate surface area is 127 Å². The monoisotopic (exact) mass is 285 g/mol. The lowest BCUT2D eigenvalue weighted by Crippen LogP contribution is -2.05. The van der Waals surface area contributed by atoms with Crippen LogP contribution in [-0.4, -0.2) is 15.0 Å².